The highest BCUT2D eigenvalue weighted by Crippen LogP contribution is 2.29. The van der Waals surface area contributed by atoms with Gasteiger partial charge < -0.3 is 25.8 Å². The maximum absolute atomic E-state index is 12.6. The summed E-state index contributed by atoms with van der Waals surface area (Å²) in [5.74, 6) is 0.678. The fourth-order valence-electron chi connectivity index (χ4n) is 3.90. The summed E-state index contributed by atoms with van der Waals surface area (Å²) < 4.78 is 0. The Morgan fingerprint density at radius 2 is 1.84 bits per heavy atom. The normalized spacial score (nSPS) is 14.6. The number of aromatic amines is 1. The molecule has 1 saturated heterocycles. The zero-order valence-electron chi connectivity index (χ0n) is 17.7. The number of likely N-dealkylation sites (N-methyl/N-ethyl adjacent to an activating group) is 1. The Balaban J connectivity index is 1.54. The van der Waals surface area contributed by atoms with Crippen molar-refractivity contribution in [2.45, 2.75) is 0 Å². The number of nitrogen functional groups attached to an aromatic ring is 1. The van der Waals surface area contributed by atoms with Gasteiger partial charge in [0.05, 0.1) is 11.1 Å². The summed E-state index contributed by atoms with van der Waals surface area (Å²) >= 11 is 0. The van der Waals surface area contributed by atoms with E-state index in [9.17, 15) is 4.79 Å². The fourth-order valence-corrected chi connectivity index (χ4v) is 3.90. The lowest BCUT2D eigenvalue weighted by molar-refractivity contribution is 0.313. The molecule has 162 valence electrons. The van der Waals surface area contributed by atoms with Gasteiger partial charge in [-0.2, -0.15) is 0 Å². The Bertz CT molecular complexity index is 1310. The molecule has 0 bridgehead atoms. The van der Waals surface area contributed by atoms with Gasteiger partial charge in [-0.3, -0.25) is 4.79 Å². The molecule has 1 aromatic carbocycles. The van der Waals surface area contributed by atoms with E-state index >= 15 is 0 Å². The van der Waals surface area contributed by atoms with Gasteiger partial charge in [0.1, 0.15) is 5.82 Å². The van der Waals surface area contributed by atoms with Crippen LogP contribution >= 0.6 is 0 Å². The number of anilines is 4. The minimum atomic E-state index is -0.201. The average molecular weight is 429 g/mol. The van der Waals surface area contributed by atoms with Crippen molar-refractivity contribution in [3.05, 3.63) is 65.3 Å². The first-order chi connectivity index (χ1) is 15.6. The van der Waals surface area contributed by atoms with E-state index in [1.54, 1.807) is 18.6 Å². The van der Waals surface area contributed by atoms with E-state index in [0.29, 0.717) is 16.9 Å². The van der Waals surface area contributed by atoms with Crippen molar-refractivity contribution in [2.75, 3.05) is 49.2 Å². The van der Waals surface area contributed by atoms with Crippen LogP contribution in [0.3, 0.4) is 0 Å². The molecule has 3 aromatic heterocycles. The van der Waals surface area contributed by atoms with Crippen LogP contribution in [-0.4, -0.2) is 58.1 Å². The molecule has 4 heterocycles. The summed E-state index contributed by atoms with van der Waals surface area (Å²) in [6.07, 6.45) is 4.88. The third-order valence-corrected chi connectivity index (χ3v) is 5.70. The van der Waals surface area contributed by atoms with Crippen molar-refractivity contribution >= 4 is 33.9 Å². The summed E-state index contributed by atoms with van der Waals surface area (Å²) in [4.78, 5) is 32.9. The number of fused-ring (bicyclic) bond motifs is 1. The van der Waals surface area contributed by atoms with E-state index < -0.39 is 0 Å². The smallest absolute Gasteiger partial charge is 0.259 e. The van der Waals surface area contributed by atoms with Gasteiger partial charge >= 0.3 is 0 Å². The van der Waals surface area contributed by atoms with Gasteiger partial charge in [-0.1, -0.05) is 6.07 Å². The number of pyridine rings is 2. The molecule has 0 aliphatic carbocycles. The number of benzene rings is 1. The molecule has 0 unspecified atom stereocenters. The molecule has 1 fully saturated rings. The molecule has 0 amide bonds. The molecule has 9 heteroatoms. The molecule has 1 aliphatic heterocycles. The van der Waals surface area contributed by atoms with Crippen LogP contribution in [0.15, 0.2) is 59.8 Å². The monoisotopic (exact) mass is 428 g/mol. The first kappa shape index (κ1) is 20.0. The Morgan fingerprint density at radius 1 is 1.06 bits per heavy atom. The molecule has 9 nitrogen and oxygen atoms in total. The van der Waals surface area contributed by atoms with Gasteiger partial charge in [-0.15, -0.1) is 0 Å². The standard InChI is InChI=1S/C23H24N8O/c1-30-7-9-31(10-8-30)18-4-2-3-17(12-18)28-21-20-15(5-6-25-22(20)32)11-19(29-21)16-13-26-23(24)27-14-16/h2-6,11-14H,7-10H2,1H3,(H,25,32)(H,28,29)(H2,24,26,27). The Labute approximate surface area is 184 Å². The van der Waals surface area contributed by atoms with Crippen molar-refractivity contribution in [1.29, 1.82) is 0 Å². The minimum Gasteiger partial charge on any atom is -0.369 e. The van der Waals surface area contributed by atoms with E-state index in [-0.39, 0.29) is 11.5 Å². The molecule has 0 spiro atoms. The van der Waals surface area contributed by atoms with Crippen molar-refractivity contribution in [3.8, 4) is 11.3 Å². The summed E-state index contributed by atoms with van der Waals surface area (Å²) in [6.45, 7) is 4.02. The van der Waals surface area contributed by atoms with Crippen LogP contribution < -0.4 is 21.5 Å². The van der Waals surface area contributed by atoms with Crippen LogP contribution in [0, 0.1) is 0 Å². The number of aromatic nitrogens is 4. The number of piperazine rings is 1. The molecule has 0 saturated carbocycles. The minimum absolute atomic E-state index is 0.199. The van der Waals surface area contributed by atoms with Crippen LogP contribution in [0.4, 0.5) is 23.1 Å². The molecule has 4 N–H and O–H groups in total. The average Bonchev–Trinajstić information content (AvgIpc) is 2.80. The number of nitrogens with one attached hydrogen (secondary N) is 2. The topological polar surface area (TPSA) is 116 Å². The zero-order chi connectivity index (χ0) is 22.1. The molecule has 0 atom stereocenters. The molecule has 0 radical (unpaired) electrons. The second-order valence-corrected chi connectivity index (χ2v) is 7.92. The molecular weight excluding hydrogens is 404 g/mol. The molecule has 5 rings (SSSR count). The van der Waals surface area contributed by atoms with E-state index in [4.69, 9.17) is 10.7 Å². The van der Waals surface area contributed by atoms with Crippen molar-refractivity contribution in [3.63, 3.8) is 0 Å². The van der Waals surface area contributed by atoms with Gasteiger partial charge in [-0.25, -0.2) is 15.0 Å². The first-order valence-corrected chi connectivity index (χ1v) is 10.5. The van der Waals surface area contributed by atoms with Crippen LogP contribution in [0.2, 0.25) is 0 Å². The predicted octanol–water partition coefficient (Wildman–Crippen LogP) is 2.46. The van der Waals surface area contributed by atoms with Crippen LogP contribution in [0.1, 0.15) is 0 Å². The maximum atomic E-state index is 12.6. The molecule has 32 heavy (non-hydrogen) atoms. The predicted molar refractivity (Wildman–Crippen MR) is 127 cm³/mol. The SMILES string of the molecule is CN1CCN(c2cccc(Nc3nc(-c4cnc(N)nc4)cc4cc[nH]c(=O)c34)c2)CC1. The summed E-state index contributed by atoms with van der Waals surface area (Å²) in [5.41, 5.74) is 8.80. The highest BCUT2D eigenvalue weighted by molar-refractivity contribution is 5.95. The largest absolute Gasteiger partial charge is 0.369 e. The lowest BCUT2D eigenvalue weighted by Crippen LogP contribution is -2.44. The third kappa shape index (κ3) is 3.97. The van der Waals surface area contributed by atoms with E-state index in [1.807, 2.05) is 24.3 Å². The van der Waals surface area contributed by atoms with Crippen LogP contribution in [0.5, 0.6) is 0 Å². The highest BCUT2D eigenvalue weighted by atomic mass is 16.1. The lowest BCUT2D eigenvalue weighted by atomic mass is 10.1. The number of hydrogen-bond donors (Lipinski definition) is 3. The van der Waals surface area contributed by atoms with Crippen LogP contribution in [-0.2, 0) is 0 Å². The van der Waals surface area contributed by atoms with Crippen molar-refractivity contribution in [2.24, 2.45) is 0 Å². The van der Waals surface area contributed by atoms with E-state index in [2.05, 4.69) is 49.2 Å². The van der Waals surface area contributed by atoms with Gasteiger partial charge in [0.2, 0.25) is 5.95 Å². The van der Waals surface area contributed by atoms with E-state index in [1.165, 1.54) is 0 Å². The van der Waals surface area contributed by atoms with Gasteiger partial charge in [0, 0.05) is 61.7 Å². The zero-order valence-corrected chi connectivity index (χ0v) is 17.7. The van der Waals surface area contributed by atoms with E-state index in [0.717, 1.165) is 48.5 Å². The van der Waals surface area contributed by atoms with Crippen molar-refractivity contribution in [1.82, 2.24) is 24.8 Å². The fraction of sp³-hybridized carbons (Fsp3) is 0.217. The van der Waals surface area contributed by atoms with Gasteiger partial charge in [0.25, 0.3) is 5.56 Å². The maximum Gasteiger partial charge on any atom is 0.259 e. The van der Waals surface area contributed by atoms with Gasteiger partial charge in [-0.05, 0) is 42.8 Å². The molecule has 1 aliphatic rings. The Morgan fingerprint density at radius 3 is 2.62 bits per heavy atom. The van der Waals surface area contributed by atoms with Crippen LogP contribution in [0.25, 0.3) is 22.0 Å². The summed E-state index contributed by atoms with van der Waals surface area (Å²) in [5, 5.41) is 4.63. The van der Waals surface area contributed by atoms with Crippen molar-refractivity contribution < 1.29 is 0 Å². The Kier molecular flexibility index (Phi) is 5.16. The number of nitrogens with two attached hydrogens (primary N) is 1. The summed E-state index contributed by atoms with van der Waals surface area (Å²) in [7, 11) is 2.14. The quantitative estimate of drug-likeness (QED) is 0.454. The second kappa shape index (κ2) is 8.27. The Hall–Kier alpha value is -3.98. The number of rotatable bonds is 4. The second-order valence-electron chi connectivity index (χ2n) is 7.92. The third-order valence-electron chi connectivity index (χ3n) is 5.70. The first-order valence-electron chi connectivity index (χ1n) is 10.5. The highest BCUT2D eigenvalue weighted by Gasteiger charge is 2.16. The number of nitrogens with zero attached hydrogens (tertiary/aromatic N) is 5. The lowest BCUT2D eigenvalue weighted by Gasteiger charge is -2.34. The number of hydrogen-bond acceptors (Lipinski definition) is 8. The van der Waals surface area contributed by atoms with Gasteiger partial charge in [0.15, 0.2) is 0 Å². The molecular formula is C23H24N8O. The number of H-pyrrole nitrogens is 1. The molecule has 4 aromatic rings. The summed E-state index contributed by atoms with van der Waals surface area (Å²) in [6, 6.07) is 11.9.